The fourth-order valence-electron chi connectivity index (χ4n) is 3.77. The smallest absolute Gasteiger partial charge is 0.317 e. The SMILES string of the molecule is CCN(CC)CCCNC(=O)C1CCN(C(=O)NC(C)c2cc(F)c(Cl)cc2Cl)CC1. The summed E-state index contributed by atoms with van der Waals surface area (Å²) in [6, 6.07) is 1.85. The Morgan fingerprint density at radius 2 is 1.84 bits per heavy atom. The minimum atomic E-state index is -0.578. The predicted molar refractivity (Wildman–Crippen MR) is 123 cm³/mol. The van der Waals surface area contributed by atoms with E-state index in [-0.39, 0.29) is 22.9 Å². The molecule has 0 bridgehead atoms. The van der Waals surface area contributed by atoms with E-state index in [2.05, 4.69) is 29.4 Å². The Morgan fingerprint density at radius 3 is 2.45 bits per heavy atom. The zero-order chi connectivity index (χ0) is 23.0. The van der Waals surface area contributed by atoms with Crippen molar-refractivity contribution in [3.05, 3.63) is 33.6 Å². The average molecular weight is 475 g/mol. The Bertz CT molecular complexity index is 753. The third-order valence-corrected chi connectivity index (χ3v) is 6.46. The maximum atomic E-state index is 13.8. The van der Waals surface area contributed by atoms with Crippen LogP contribution in [-0.4, -0.2) is 61.0 Å². The summed E-state index contributed by atoms with van der Waals surface area (Å²) in [5, 5.41) is 6.12. The van der Waals surface area contributed by atoms with E-state index in [1.54, 1.807) is 11.8 Å². The molecule has 0 aromatic heterocycles. The van der Waals surface area contributed by atoms with Crippen LogP contribution in [0, 0.1) is 11.7 Å². The summed E-state index contributed by atoms with van der Waals surface area (Å²) in [7, 11) is 0. The number of nitrogens with one attached hydrogen (secondary N) is 2. The molecule has 1 heterocycles. The molecule has 1 aromatic carbocycles. The molecule has 0 radical (unpaired) electrons. The molecule has 174 valence electrons. The summed E-state index contributed by atoms with van der Waals surface area (Å²) in [5.41, 5.74) is 0.468. The number of hydrogen-bond acceptors (Lipinski definition) is 3. The third-order valence-electron chi connectivity index (χ3n) is 5.84. The van der Waals surface area contributed by atoms with E-state index < -0.39 is 11.9 Å². The van der Waals surface area contributed by atoms with Crippen molar-refractivity contribution in [2.24, 2.45) is 5.92 Å². The van der Waals surface area contributed by atoms with E-state index >= 15 is 0 Å². The van der Waals surface area contributed by atoms with E-state index in [1.165, 1.54) is 12.1 Å². The van der Waals surface area contributed by atoms with Crippen LogP contribution in [0.3, 0.4) is 0 Å². The molecule has 3 amide bonds. The van der Waals surface area contributed by atoms with Gasteiger partial charge in [-0.1, -0.05) is 37.0 Å². The summed E-state index contributed by atoms with van der Waals surface area (Å²) in [4.78, 5) is 29.0. The average Bonchev–Trinajstić information content (AvgIpc) is 2.76. The van der Waals surface area contributed by atoms with Gasteiger partial charge in [-0.25, -0.2) is 9.18 Å². The molecule has 0 saturated carbocycles. The van der Waals surface area contributed by atoms with Crippen molar-refractivity contribution in [3.63, 3.8) is 0 Å². The van der Waals surface area contributed by atoms with Crippen LogP contribution in [0.1, 0.15) is 51.6 Å². The first kappa shape index (κ1) is 25.7. The number of nitrogens with zero attached hydrogens (tertiary/aromatic N) is 2. The van der Waals surface area contributed by atoms with E-state index in [9.17, 15) is 14.0 Å². The minimum absolute atomic E-state index is 0.0549. The van der Waals surface area contributed by atoms with Crippen LogP contribution >= 0.6 is 23.2 Å². The lowest BCUT2D eigenvalue weighted by Gasteiger charge is -2.32. The Balaban J connectivity index is 1.76. The summed E-state index contributed by atoms with van der Waals surface area (Å²) < 4.78 is 13.8. The number of benzene rings is 1. The van der Waals surface area contributed by atoms with Crippen molar-refractivity contribution < 1.29 is 14.0 Å². The molecule has 1 atom stereocenters. The Kier molecular flexibility index (Phi) is 10.3. The van der Waals surface area contributed by atoms with E-state index in [4.69, 9.17) is 23.2 Å². The maximum Gasteiger partial charge on any atom is 0.317 e. The van der Waals surface area contributed by atoms with Gasteiger partial charge >= 0.3 is 6.03 Å². The molecule has 0 aliphatic carbocycles. The first-order valence-corrected chi connectivity index (χ1v) is 11.7. The van der Waals surface area contributed by atoms with Gasteiger partial charge < -0.3 is 20.4 Å². The molecule has 31 heavy (non-hydrogen) atoms. The lowest BCUT2D eigenvalue weighted by Crippen LogP contribution is -2.47. The molecular weight excluding hydrogens is 442 g/mol. The normalized spacial score (nSPS) is 15.8. The quantitative estimate of drug-likeness (QED) is 0.410. The van der Waals surface area contributed by atoms with Crippen molar-refractivity contribution in [1.29, 1.82) is 0 Å². The molecule has 1 fully saturated rings. The summed E-state index contributed by atoms with van der Waals surface area (Å²) in [6.07, 6.45) is 2.18. The lowest BCUT2D eigenvalue weighted by molar-refractivity contribution is -0.126. The van der Waals surface area contributed by atoms with Gasteiger partial charge in [-0.2, -0.15) is 0 Å². The number of urea groups is 1. The molecule has 9 heteroatoms. The second kappa shape index (κ2) is 12.5. The second-order valence-corrected chi connectivity index (χ2v) is 8.71. The first-order valence-electron chi connectivity index (χ1n) is 11.0. The van der Waals surface area contributed by atoms with Crippen molar-refractivity contribution >= 4 is 35.1 Å². The second-order valence-electron chi connectivity index (χ2n) is 7.89. The van der Waals surface area contributed by atoms with Gasteiger partial charge in [0.25, 0.3) is 0 Å². The summed E-state index contributed by atoms with van der Waals surface area (Å²) in [6.45, 7) is 10.7. The van der Waals surface area contributed by atoms with Crippen molar-refractivity contribution in [2.45, 2.75) is 46.1 Å². The van der Waals surface area contributed by atoms with Crippen LogP contribution in [0.2, 0.25) is 10.0 Å². The van der Waals surface area contributed by atoms with Gasteiger partial charge in [-0.3, -0.25) is 4.79 Å². The van der Waals surface area contributed by atoms with Crippen LogP contribution in [0.15, 0.2) is 12.1 Å². The number of amides is 3. The molecule has 0 spiro atoms. The van der Waals surface area contributed by atoms with Crippen molar-refractivity contribution in [1.82, 2.24) is 20.4 Å². The number of carbonyl (C=O) groups is 2. The standard InChI is InChI=1S/C22H33Cl2FN4O2/c1-4-28(5-2)10-6-9-26-21(30)16-7-11-29(12-8-16)22(31)27-15(3)17-13-20(25)19(24)14-18(17)23/h13-16H,4-12H2,1-3H3,(H,26,30)(H,27,31). The van der Waals surface area contributed by atoms with Gasteiger partial charge in [0, 0.05) is 30.6 Å². The molecule has 1 unspecified atom stereocenters. The minimum Gasteiger partial charge on any atom is -0.356 e. The van der Waals surface area contributed by atoms with Gasteiger partial charge in [0.2, 0.25) is 5.91 Å². The number of halogens is 3. The number of rotatable bonds is 9. The number of carbonyl (C=O) groups excluding carboxylic acids is 2. The van der Waals surface area contributed by atoms with Crippen LogP contribution in [-0.2, 0) is 4.79 Å². The van der Waals surface area contributed by atoms with Crippen LogP contribution in [0.5, 0.6) is 0 Å². The fourth-order valence-corrected chi connectivity index (χ4v) is 4.31. The van der Waals surface area contributed by atoms with E-state index in [0.29, 0.717) is 43.1 Å². The highest BCUT2D eigenvalue weighted by molar-refractivity contribution is 6.35. The number of piperidine rings is 1. The number of hydrogen-bond donors (Lipinski definition) is 2. The molecule has 1 saturated heterocycles. The Labute approximate surface area is 194 Å². The number of likely N-dealkylation sites (tertiary alicyclic amines) is 1. The Morgan fingerprint density at radius 1 is 1.19 bits per heavy atom. The molecular formula is C22H33Cl2FN4O2. The fraction of sp³-hybridized carbons (Fsp3) is 0.636. The van der Waals surface area contributed by atoms with Gasteiger partial charge in [0.05, 0.1) is 11.1 Å². The molecule has 2 rings (SSSR count). The molecule has 1 aromatic rings. The first-order chi connectivity index (χ1) is 14.8. The van der Waals surface area contributed by atoms with Gasteiger partial charge in [-0.05, 0) is 63.5 Å². The van der Waals surface area contributed by atoms with Gasteiger partial charge in [-0.15, -0.1) is 0 Å². The van der Waals surface area contributed by atoms with Crippen LogP contribution in [0.25, 0.3) is 0 Å². The van der Waals surface area contributed by atoms with Crippen molar-refractivity contribution in [3.8, 4) is 0 Å². The summed E-state index contributed by atoms with van der Waals surface area (Å²) >= 11 is 11.9. The summed E-state index contributed by atoms with van der Waals surface area (Å²) in [5.74, 6) is -0.586. The molecule has 6 nitrogen and oxygen atoms in total. The van der Waals surface area contributed by atoms with Gasteiger partial charge in [0.15, 0.2) is 0 Å². The largest absolute Gasteiger partial charge is 0.356 e. The highest BCUT2D eigenvalue weighted by Crippen LogP contribution is 2.29. The molecule has 1 aliphatic rings. The zero-order valence-corrected chi connectivity index (χ0v) is 20.0. The zero-order valence-electron chi connectivity index (χ0n) is 18.5. The third kappa shape index (κ3) is 7.51. The highest BCUT2D eigenvalue weighted by atomic mass is 35.5. The predicted octanol–water partition coefficient (Wildman–Crippen LogP) is 4.46. The van der Waals surface area contributed by atoms with Gasteiger partial charge in [0.1, 0.15) is 5.82 Å². The van der Waals surface area contributed by atoms with Crippen molar-refractivity contribution in [2.75, 3.05) is 39.3 Å². The van der Waals surface area contributed by atoms with E-state index in [0.717, 1.165) is 26.1 Å². The maximum absolute atomic E-state index is 13.8. The lowest BCUT2D eigenvalue weighted by atomic mass is 9.96. The van der Waals surface area contributed by atoms with E-state index in [1.807, 2.05) is 0 Å². The molecule has 2 N–H and O–H groups in total. The highest BCUT2D eigenvalue weighted by Gasteiger charge is 2.28. The topological polar surface area (TPSA) is 64.7 Å². The Hall–Kier alpha value is -1.57. The van der Waals surface area contributed by atoms with Crippen LogP contribution in [0.4, 0.5) is 9.18 Å². The monoisotopic (exact) mass is 474 g/mol. The van der Waals surface area contributed by atoms with Crippen LogP contribution < -0.4 is 10.6 Å². The molecule has 1 aliphatic heterocycles.